The summed E-state index contributed by atoms with van der Waals surface area (Å²) in [5.74, 6) is 1.09. The molecule has 1 saturated heterocycles. The van der Waals surface area contributed by atoms with Gasteiger partial charge in [0.25, 0.3) is 0 Å². The first-order chi connectivity index (χ1) is 13.1. The highest BCUT2D eigenvalue weighted by Crippen LogP contribution is 2.38. The molecule has 2 heterocycles. The van der Waals surface area contributed by atoms with Gasteiger partial charge >= 0.3 is 6.61 Å². The molecule has 0 spiro atoms. The SMILES string of the molecule is NC(=NCc1cc2c(cc1OC(F)F)OCO2)NCCCN1CCOCC1. The maximum absolute atomic E-state index is 12.6. The summed E-state index contributed by atoms with van der Waals surface area (Å²) in [5.41, 5.74) is 6.31. The minimum absolute atomic E-state index is 0.00174. The number of ether oxygens (including phenoxy) is 4. The predicted octanol–water partition coefficient (Wildman–Crippen LogP) is 1.14. The summed E-state index contributed by atoms with van der Waals surface area (Å²) in [6.45, 7) is 2.26. The molecule has 2 aliphatic heterocycles. The van der Waals surface area contributed by atoms with Gasteiger partial charge in [0.1, 0.15) is 5.75 Å². The molecule has 0 amide bonds. The Morgan fingerprint density at radius 3 is 2.74 bits per heavy atom. The van der Waals surface area contributed by atoms with Crippen LogP contribution in [0, 0.1) is 0 Å². The molecule has 150 valence electrons. The molecule has 1 aromatic rings. The van der Waals surface area contributed by atoms with E-state index in [4.69, 9.17) is 19.9 Å². The van der Waals surface area contributed by atoms with Crippen LogP contribution in [-0.4, -0.2) is 63.7 Å². The van der Waals surface area contributed by atoms with E-state index in [0.29, 0.717) is 23.6 Å². The number of benzene rings is 1. The molecule has 3 rings (SSSR count). The molecule has 10 heteroatoms. The fraction of sp³-hybridized carbons (Fsp3) is 0.588. The molecule has 0 aliphatic carbocycles. The van der Waals surface area contributed by atoms with Crippen LogP contribution < -0.4 is 25.3 Å². The van der Waals surface area contributed by atoms with Crippen molar-refractivity contribution in [3.05, 3.63) is 17.7 Å². The van der Waals surface area contributed by atoms with Gasteiger partial charge < -0.3 is 30.0 Å². The quantitative estimate of drug-likeness (QED) is 0.393. The number of aliphatic imine (C=N–C) groups is 1. The first-order valence-corrected chi connectivity index (χ1v) is 8.83. The molecule has 0 atom stereocenters. The molecule has 0 unspecified atom stereocenters. The zero-order valence-electron chi connectivity index (χ0n) is 15.0. The third-order valence-electron chi connectivity index (χ3n) is 4.25. The second-order valence-electron chi connectivity index (χ2n) is 6.13. The zero-order valence-corrected chi connectivity index (χ0v) is 15.0. The van der Waals surface area contributed by atoms with E-state index in [0.717, 1.165) is 39.3 Å². The Balaban J connectivity index is 1.50. The predicted molar refractivity (Wildman–Crippen MR) is 94.4 cm³/mol. The molecule has 0 radical (unpaired) electrons. The van der Waals surface area contributed by atoms with Crippen LogP contribution in [-0.2, 0) is 11.3 Å². The highest BCUT2D eigenvalue weighted by Gasteiger charge is 2.20. The van der Waals surface area contributed by atoms with Crippen molar-refractivity contribution in [2.24, 2.45) is 10.7 Å². The summed E-state index contributed by atoms with van der Waals surface area (Å²) < 4.78 is 45.6. The maximum Gasteiger partial charge on any atom is 0.387 e. The number of fused-ring (bicyclic) bond motifs is 1. The minimum Gasteiger partial charge on any atom is -0.454 e. The lowest BCUT2D eigenvalue weighted by atomic mass is 10.1. The average molecular weight is 386 g/mol. The molecule has 0 bridgehead atoms. The molecule has 8 nitrogen and oxygen atoms in total. The lowest BCUT2D eigenvalue weighted by molar-refractivity contribution is -0.0505. The van der Waals surface area contributed by atoms with Gasteiger partial charge in [-0.15, -0.1) is 0 Å². The Hall–Kier alpha value is -2.33. The Bertz CT molecular complexity index is 654. The maximum atomic E-state index is 12.6. The highest BCUT2D eigenvalue weighted by molar-refractivity contribution is 5.77. The lowest BCUT2D eigenvalue weighted by Crippen LogP contribution is -2.39. The summed E-state index contributed by atoms with van der Waals surface area (Å²) in [4.78, 5) is 6.53. The van der Waals surface area contributed by atoms with Crippen LogP contribution in [0.1, 0.15) is 12.0 Å². The van der Waals surface area contributed by atoms with Gasteiger partial charge in [0.15, 0.2) is 17.5 Å². The van der Waals surface area contributed by atoms with E-state index < -0.39 is 6.61 Å². The number of guanidine groups is 1. The van der Waals surface area contributed by atoms with Crippen molar-refractivity contribution in [1.29, 1.82) is 0 Å². The van der Waals surface area contributed by atoms with Crippen LogP contribution in [0.15, 0.2) is 17.1 Å². The van der Waals surface area contributed by atoms with Crippen molar-refractivity contribution < 1.29 is 27.7 Å². The van der Waals surface area contributed by atoms with Crippen LogP contribution in [0.2, 0.25) is 0 Å². The van der Waals surface area contributed by atoms with E-state index in [9.17, 15) is 8.78 Å². The van der Waals surface area contributed by atoms with Crippen molar-refractivity contribution in [1.82, 2.24) is 10.2 Å². The molecule has 1 aromatic carbocycles. The number of nitrogens with two attached hydrogens (primary N) is 1. The highest BCUT2D eigenvalue weighted by atomic mass is 19.3. The van der Waals surface area contributed by atoms with Crippen LogP contribution in [0.25, 0.3) is 0 Å². The summed E-state index contributed by atoms with van der Waals surface area (Å²) in [7, 11) is 0. The van der Waals surface area contributed by atoms with E-state index in [1.165, 1.54) is 6.07 Å². The Morgan fingerprint density at radius 1 is 1.26 bits per heavy atom. The molecular formula is C17H24F2N4O4. The number of nitrogens with one attached hydrogen (secondary N) is 1. The Kier molecular flexibility index (Phi) is 6.88. The second-order valence-corrected chi connectivity index (χ2v) is 6.13. The monoisotopic (exact) mass is 386 g/mol. The van der Waals surface area contributed by atoms with Crippen LogP contribution >= 0.6 is 0 Å². The largest absolute Gasteiger partial charge is 0.454 e. The van der Waals surface area contributed by atoms with Gasteiger partial charge in [-0.25, -0.2) is 4.99 Å². The normalized spacial score (nSPS) is 17.4. The van der Waals surface area contributed by atoms with Crippen LogP contribution in [0.3, 0.4) is 0 Å². The molecule has 2 aliphatic rings. The van der Waals surface area contributed by atoms with Gasteiger partial charge in [-0.1, -0.05) is 0 Å². The van der Waals surface area contributed by atoms with E-state index in [2.05, 4.69) is 19.9 Å². The molecule has 0 saturated carbocycles. The van der Waals surface area contributed by atoms with Gasteiger partial charge in [-0.2, -0.15) is 8.78 Å². The summed E-state index contributed by atoms with van der Waals surface area (Å²) in [5, 5.41) is 3.03. The lowest BCUT2D eigenvalue weighted by Gasteiger charge is -2.26. The molecular weight excluding hydrogens is 362 g/mol. The number of rotatable bonds is 8. The van der Waals surface area contributed by atoms with Gasteiger partial charge in [-0.3, -0.25) is 4.90 Å². The Labute approximate surface area is 156 Å². The standard InChI is InChI=1S/C17H24F2N4O4/c18-16(19)27-13-9-15-14(25-11-26-15)8-12(13)10-22-17(20)21-2-1-3-23-4-6-24-7-5-23/h8-9,16H,1-7,10-11H2,(H3,20,21,22). The number of alkyl halides is 2. The minimum atomic E-state index is -2.94. The van der Waals surface area contributed by atoms with Crippen molar-refractivity contribution in [2.75, 3.05) is 46.2 Å². The number of morpholine rings is 1. The van der Waals surface area contributed by atoms with Gasteiger partial charge in [0.05, 0.1) is 19.8 Å². The smallest absolute Gasteiger partial charge is 0.387 e. The summed E-state index contributed by atoms with van der Waals surface area (Å²) in [6, 6.07) is 2.96. The van der Waals surface area contributed by atoms with Crippen LogP contribution in [0.5, 0.6) is 17.2 Å². The first-order valence-electron chi connectivity index (χ1n) is 8.83. The number of hydrogen-bond acceptors (Lipinski definition) is 6. The van der Waals surface area contributed by atoms with Gasteiger partial charge in [0.2, 0.25) is 6.79 Å². The van der Waals surface area contributed by atoms with Gasteiger partial charge in [0, 0.05) is 31.3 Å². The molecule has 27 heavy (non-hydrogen) atoms. The fourth-order valence-corrected chi connectivity index (χ4v) is 2.86. The van der Waals surface area contributed by atoms with Crippen molar-refractivity contribution >= 4 is 5.96 Å². The summed E-state index contributed by atoms with van der Waals surface area (Å²) in [6.07, 6.45) is 0.917. The van der Waals surface area contributed by atoms with Gasteiger partial charge in [-0.05, 0) is 19.0 Å². The van der Waals surface area contributed by atoms with Crippen LogP contribution in [0.4, 0.5) is 8.78 Å². The fourth-order valence-electron chi connectivity index (χ4n) is 2.86. The number of hydrogen-bond donors (Lipinski definition) is 2. The van der Waals surface area contributed by atoms with Crippen molar-refractivity contribution in [2.45, 2.75) is 19.6 Å². The average Bonchev–Trinajstić information content (AvgIpc) is 3.11. The molecule has 1 fully saturated rings. The number of halogens is 2. The second kappa shape index (κ2) is 9.56. The molecule has 0 aromatic heterocycles. The van der Waals surface area contributed by atoms with E-state index in [1.54, 1.807) is 6.07 Å². The van der Waals surface area contributed by atoms with E-state index >= 15 is 0 Å². The third kappa shape index (κ3) is 5.83. The van der Waals surface area contributed by atoms with Crippen molar-refractivity contribution in [3.63, 3.8) is 0 Å². The molecule has 3 N–H and O–H groups in total. The van der Waals surface area contributed by atoms with E-state index in [1.807, 2.05) is 0 Å². The van der Waals surface area contributed by atoms with Crippen molar-refractivity contribution in [3.8, 4) is 17.2 Å². The number of nitrogens with zero attached hydrogens (tertiary/aromatic N) is 2. The summed E-state index contributed by atoms with van der Waals surface area (Å²) >= 11 is 0. The third-order valence-corrected chi connectivity index (χ3v) is 4.25. The van der Waals surface area contributed by atoms with E-state index in [-0.39, 0.29) is 25.0 Å². The zero-order chi connectivity index (χ0) is 19.1. The Morgan fingerprint density at radius 2 is 2.00 bits per heavy atom. The first kappa shape index (κ1) is 19.4. The topological polar surface area (TPSA) is 90.6 Å².